The van der Waals surface area contributed by atoms with Crippen LogP contribution in [0.5, 0.6) is 0 Å². The van der Waals surface area contributed by atoms with Crippen LogP contribution < -0.4 is 4.72 Å². The summed E-state index contributed by atoms with van der Waals surface area (Å²) in [5.41, 5.74) is 0. The molecule has 5 heteroatoms. The van der Waals surface area contributed by atoms with Gasteiger partial charge in [-0.1, -0.05) is 12.8 Å². The summed E-state index contributed by atoms with van der Waals surface area (Å²) in [4.78, 5) is 0. The Morgan fingerprint density at radius 2 is 1.68 bits per heavy atom. The van der Waals surface area contributed by atoms with Crippen molar-refractivity contribution in [1.82, 2.24) is 4.72 Å². The molecule has 0 spiro atoms. The molecule has 1 heterocycles. The van der Waals surface area contributed by atoms with E-state index in [1.807, 2.05) is 0 Å². The molecule has 0 aromatic heterocycles. The van der Waals surface area contributed by atoms with Gasteiger partial charge in [0.15, 0.2) is 0 Å². The van der Waals surface area contributed by atoms with Crippen LogP contribution in [0.1, 0.15) is 44.9 Å². The van der Waals surface area contributed by atoms with Crippen LogP contribution in [-0.4, -0.2) is 33.4 Å². The Balaban J connectivity index is 1.59. The van der Waals surface area contributed by atoms with Crippen molar-refractivity contribution in [2.24, 2.45) is 17.8 Å². The van der Waals surface area contributed by atoms with Gasteiger partial charge < -0.3 is 4.74 Å². The molecule has 3 fully saturated rings. The number of hydrogen-bond acceptors (Lipinski definition) is 3. The molecule has 0 radical (unpaired) electrons. The second-order valence-corrected chi connectivity index (χ2v) is 8.34. The monoisotopic (exact) mass is 287 g/mol. The summed E-state index contributed by atoms with van der Waals surface area (Å²) in [7, 11) is -3.14. The van der Waals surface area contributed by atoms with E-state index in [-0.39, 0.29) is 17.7 Å². The summed E-state index contributed by atoms with van der Waals surface area (Å²) in [6.07, 6.45) is 8.25. The molecule has 4 nitrogen and oxygen atoms in total. The highest BCUT2D eigenvalue weighted by Crippen LogP contribution is 2.40. The Bertz CT molecular complexity index is 381. The number of sulfonamides is 1. The van der Waals surface area contributed by atoms with E-state index in [1.54, 1.807) is 0 Å². The van der Waals surface area contributed by atoms with Gasteiger partial charge in [-0.05, 0) is 49.9 Å². The highest BCUT2D eigenvalue weighted by molar-refractivity contribution is 7.89. The fourth-order valence-corrected chi connectivity index (χ4v) is 5.24. The summed E-state index contributed by atoms with van der Waals surface area (Å²) < 4.78 is 33.0. The van der Waals surface area contributed by atoms with Crippen molar-refractivity contribution in [3.05, 3.63) is 0 Å². The molecule has 2 aliphatic carbocycles. The first-order valence-electron chi connectivity index (χ1n) is 7.72. The SMILES string of the molecule is O=S(=O)(CC1CCOC1)NC(C1CCC1)C1CCC1. The summed E-state index contributed by atoms with van der Waals surface area (Å²) in [5, 5.41) is 0. The van der Waals surface area contributed by atoms with Gasteiger partial charge in [-0.3, -0.25) is 0 Å². The van der Waals surface area contributed by atoms with E-state index < -0.39 is 10.0 Å². The van der Waals surface area contributed by atoms with Crippen LogP contribution in [0.25, 0.3) is 0 Å². The maximum Gasteiger partial charge on any atom is 0.212 e. The van der Waals surface area contributed by atoms with Gasteiger partial charge >= 0.3 is 0 Å². The van der Waals surface area contributed by atoms with Crippen LogP contribution in [0.3, 0.4) is 0 Å². The van der Waals surface area contributed by atoms with Gasteiger partial charge in [0.25, 0.3) is 0 Å². The Labute approximate surface area is 116 Å². The second kappa shape index (κ2) is 5.70. The average Bonchev–Trinajstić information content (AvgIpc) is 2.62. The lowest BCUT2D eigenvalue weighted by molar-refractivity contribution is 0.140. The van der Waals surface area contributed by atoms with Crippen molar-refractivity contribution in [2.75, 3.05) is 19.0 Å². The molecule has 0 amide bonds. The smallest absolute Gasteiger partial charge is 0.212 e. The lowest BCUT2D eigenvalue weighted by Crippen LogP contribution is -2.50. The molecule has 1 N–H and O–H groups in total. The molecular weight excluding hydrogens is 262 g/mol. The zero-order chi connectivity index (χ0) is 13.3. The van der Waals surface area contributed by atoms with E-state index in [0.29, 0.717) is 18.4 Å². The van der Waals surface area contributed by atoms with Crippen LogP contribution in [0.15, 0.2) is 0 Å². The molecule has 2 saturated carbocycles. The number of hydrogen-bond donors (Lipinski definition) is 1. The fraction of sp³-hybridized carbons (Fsp3) is 1.00. The first-order chi connectivity index (χ1) is 9.14. The Morgan fingerprint density at radius 3 is 2.11 bits per heavy atom. The molecule has 3 aliphatic rings. The lowest BCUT2D eigenvalue weighted by Gasteiger charge is -2.42. The third-order valence-corrected chi connectivity index (χ3v) is 6.65. The molecule has 1 atom stereocenters. The van der Waals surface area contributed by atoms with Crippen LogP contribution in [-0.2, 0) is 14.8 Å². The zero-order valence-electron chi connectivity index (χ0n) is 11.5. The van der Waals surface area contributed by atoms with Crippen LogP contribution in [0, 0.1) is 17.8 Å². The topological polar surface area (TPSA) is 55.4 Å². The molecule has 19 heavy (non-hydrogen) atoms. The van der Waals surface area contributed by atoms with Crippen molar-refractivity contribution in [2.45, 2.75) is 51.0 Å². The van der Waals surface area contributed by atoms with Gasteiger partial charge in [0, 0.05) is 12.6 Å². The Kier molecular flexibility index (Phi) is 4.15. The van der Waals surface area contributed by atoms with Crippen molar-refractivity contribution in [1.29, 1.82) is 0 Å². The van der Waals surface area contributed by atoms with E-state index in [4.69, 9.17) is 4.74 Å². The van der Waals surface area contributed by atoms with Gasteiger partial charge in [0.1, 0.15) is 0 Å². The van der Waals surface area contributed by atoms with E-state index in [2.05, 4.69) is 4.72 Å². The lowest BCUT2D eigenvalue weighted by atomic mass is 9.69. The maximum absolute atomic E-state index is 12.3. The molecular formula is C14H25NO3S. The minimum Gasteiger partial charge on any atom is -0.381 e. The molecule has 3 rings (SSSR count). The number of rotatable bonds is 6. The summed E-state index contributed by atoms with van der Waals surface area (Å²) in [6.45, 7) is 1.33. The first kappa shape index (κ1) is 13.8. The molecule has 1 saturated heterocycles. The van der Waals surface area contributed by atoms with Gasteiger partial charge in [0.05, 0.1) is 12.4 Å². The van der Waals surface area contributed by atoms with Crippen LogP contribution >= 0.6 is 0 Å². The first-order valence-corrected chi connectivity index (χ1v) is 9.37. The van der Waals surface area contributed by atoms with Gasteiger partial charge in [-0.2, -0.15) is 0 Å². The molecule has 1 aliphatic heterocycles. The maximum atomic E-state index is 12.3. The number of nitrogens with one attached hydrogen (secondary N) is 1. The van der Waals surface area contributed by atoms with E-state index >= 15 is 0 Å². The highest BCUT2D eigenvalue weighted by atomic mass is 32.2. The molecule has 1 unspecified atom stereocenters. The Hall–Kier alpha value is -0.130. The molecule has 0 bridgehead atoms. The van der Waals surface area contributed by atoms with E-state index in [1.165, 1.54) is 38.5 Å². The number of ether oxygens (including phenoxy) is 1. The summed E-state index contributed by atoms with van der Waals surface area (Å²) >= 11 is 0. The van der Waals surface area contributed by atoms with Crippen molar-refractivity contribution < 1.29 is 13.2 Å². The second-order valence-electron chi connectivity index (χ2n) is 6.54. The third-order valence-electron chi connectivity index (χ3n) is 5.11. The summed E-state index contributed by atoms with van der Waals surface area (Å²) in [6, 6.07) is 0.217. The van der Waals surface area contributed by atoms with Crippen molar-refractivity contribution >= 4 is 10.0 Å². The van der Waals surface area contributed by atoms with E-state index in [0.717, 1.165) is 13.0 Å². The predicted octanol–water partition coefficient (Wildman–Crippen LogP) is 1.91. The Morgan fingerprint density at radius 1 is 1.05 bits per heavy atom. The van der Waals surface area contributed by atoms with Crippen molar-refractivity contribution in [3.63, 3.8) is 0 Å². The quantitative estimate of drug-likeness (QED) is 0.812. The van der Waals surface area contributed by atoms with E-state index in [9.17, 15) is 8.42 Å². The van der Waals surface area contributed by atoms with Gasteiger partial charge in [0.2, 0.25) is 10.0 Å². The normalized spacial score (nSPS) is 29.4. The van der Waals surface area contributed by atoms with Crippen LogP contribution in [0.4, 0.5) is 0 Å². The van der Waals surface area contributed by atoms with Crippen molar-refractivity contribution in [3.8, 4) is 0 Å². The molecule has 0 aromatic rings. The average molecular weight is 287 g/mol. The third kappa shape index (κ3) is 3.31. The molecule has 0 aromatic carbocycles. The highest BCUT2D eigenvalue weighted by Gasteiger charge is 2.38. The fourth-order valence-electron chi connectivity index (χ4n) is 3.46. The standard InChI is InChI=1S/C14H25NO3S/c16-19(17,10-11-7-8-18-9-11)15-14(12-3-1-4-12)13-5-2-6-13/h11-15H,1-10H2. The van der Waals surface area contributed by atoms with Crippen LogP contribution in [0.2, 0.25) is 0 Å². The van der Waals surface area contributed by atoms with Gasteiger partial charge in [-0.15, -0.1) is 0 Å². The largest absolute Gasteiger partial charge is 0.381 e. The minimum absolute atomic E-state index is 0.195. The predicted molar refractivity (Wildman–Crippen MR) is 74.3 cm³/mol. The molecule has 110 valence electrons. The zero-order valence-corrected chi connectivity index (χ0v) is 12.3. The summed E-state index contributed by atoms with van der Waals surface area (Å²) in [5.74, 6) is 1.64. The minimum atomic E-state index is -3.14. The van der Waals surface area contributed by atoms with Gasteiger partial charge in [-0.25, -0.2) is 13.1 Å².